The van der Waals surface area contributed by atoms with Crippen LogP contribution in [0.25, 0.3) is 0 Å². The first kappa shape index (κ1) is 21.3. The van der Waals surface area contributed by atoms with Crippen LogP contribution in [0.5, 0.6) is 0 Å². The molecule has 31 heavy (non-hydrogen) atoms. The molecule has 5 rings (SSSR count). The van der Waals surface area contributed by atoms with Gasteiger partial charge in [0.05, 0.1) is 26.4 Å². The molecule has 4 aliphatic rings. The lowest BCUT2D eigenvalue weighted by atomic mass is 9.55. The fraction of sp³-hybridized carbons (Fsp3) is 0.692. The predicted octanol–water partition coefficient (Wildman–Crippen LogP) is 5.22. The number of hydrogen-bond acceptors (Lipinski definition) is 5. The van der Waals surface area contributed by atoms with Crippen LogP contribution in [0.4, 0.5) is 5.69 Å². The first-order valence-corrected chi connectivity index (χ1v) is 12.2. The highest BCUT2D eigenvalue weighted by Gasteiger charge is 2.52. The van der Waals surface area contributed by atoms with Gasteiger partial charge < -0.3 is 9.47 Å². The normalized spacial score (nSPS) is 34.2. The molecule has 4 atom stereocenters. The van der Waals surface area contributed by atoms with Crippen LogP contribution in [0.1, 0.15) is 56.1 Å². The summed E-state index contributed by atoms with van der Waals surface area (Å²) in [5, 5.41) is 3.15. The molecule has 4 unspecified atom stereocenters. The van der Waals surface area contributed by atoms with Crippen LogP contribution in [0, 0.1) is 22.2 Å². The Morgan fingerprint density at radius 2 is 2.10 bits per heavy atom. The zero-order valence-electron chi connectivity index (χ0n) is 18.9. The lowest BCUT2D eigenvalue weighted by molar-refractivity contribution is 0.0232. The van der Waals surface area contributed by atoms with E-state index >= 15 is 0 Å². The van der Waals surface area contributed by atoms with Crippen LogP contribution in [-0.2, 0) is 15.9 Å². The number of morpholine rings is 1. The number of fused-ring (bicyclic) bond motifs is 5. The number of benzene rings is 1. The number of hydrogen-bond donors (Lipinski definition) is 0. The van der Waals surface area contributed by atoms with E-state index in [0.717, 1.165) is 64.3 Å². The second-order valence-corrected chi connectivity index (χ2v) is 10.1. The molecule has 2 saturated carbocycles. The lowest BCUT2D eigenvalue weighted by Gasteiger charge is -2.49. The Labute approximate surface area is 186 Å². The van der Waals surface area contributed by atoms with E-state index in [1.807, 2.05) is 12.1 Å². The van der Waals surface area contributed by atoms with E-state index in [1.165, 1.54) is 43.2 Å². The van der Waals surface area contributed by atoms with Crippen LogP contribution in [0.15, 0.2) is 35.0 Å². The van der Waals surface area contributed by atoms with E-state index in [0.29, 0.717) is 17.0 Å². The highest BCUT2D eigenvalue weighted by Crippen LogP contribution is 2.62. The summed E-state index contributed by atoms with van der Waals surface area (Å²) in [4.78, 5) is 13.4. The minimum Gasteiger partial charge on any atom is -0.379 e. The summed E-state index contributed by atoms with van der Waals surface area (Å²) in [6.45, 7) is 8.86. The fourth-order valence-corrected chi connectivity index (χ4v) is 7.07. The molecule has 5 heteroatoms. The van der Waals surface area contributed by atoms with E-state index in [1.54, 1.807) is 5.57 Å². The van der Waals surface area contributed by atoms with Crippen molar-refractivity contribution < 1.29 is 9.47 Å². The molecule has 1 heterocycles. The molecule has 0 N–H and O–H groups in total. The lowest BCUT2D eigenvalue weighted by Crippen LogP contribution is -2.40. The molecule has 0 radical (unpaired) electrons. The molecule has 0 bridgehead atoms. The maximum Gasteiger partial charge on any atom is 0.108 e. The van der Waals surface area contributed by atoms with Crippen molar-refractivity contribution in [2.75, 3.05) is 46.1 Å². The predicted molar refractivity (Wildman–Crippen MR) is 123 cm³/mol. The zero-order chi connectivity index (χ0) is 21.3. The van der Waals surface area contributed by atoms with Crippen molar-refractivity contribution in [2.45, 2.75) is 51.4 Å². The summed E-state index contributed by atoms with van der Waals surface area (Å²) < 4.78 is 11.4. The highest BCUT2D eigenvalue weighted by atomic mass is 16.5. The van der Waals surface area contributed by atoms with Crippen LogP contribution in [0.2, 0.25) is 0 Å². The van der Waals surface area contributed by atoms with Crippen molar-refractivity contribution in [1.29, 1.82) is 0 Å². The smallest absolute Gasteiger partial charge is 0.108 e. The second kappa shape index (κ2) is 9.13. The standard InChI is InChI=1S/C26H36N2O3/c1-26-10-8-23-22-6-4-21(27-29)18-19(22)2-5-24(23)25(26)7-3-20(26)9-14-30-15-11-28-12-16-31-17-13-28/h4,6,9,18,23-25H,2-3,5,7-8,10-17H2,1H3/b20-9+. The van der Waals surface area contributed by atoms with Gasteiger partial charge in [0.15, 0.2) is 0 Å². The van der Waals surface area contributed by atoms with Gasteiger partial charge in [-0.05, 0) is 90.1 Å². The Morgan fingerprint density at radius 1 is 1.23 bits per heavy atom. The minimum atomic E-state index is 0.344. The van der Waals surface area contributed by atoms with Gasteiger partial charge in [0.2, 0.25) is 0 Å². The van der Waals surface area contributed by atoms with Gasteiger partial charge in [-0.15, -0.1) is 4.91 Å². The third-order valence-corrected chi connectivity index (χ3v) is 8.77. The average molecular weight is 425 g/mol. The molecule has 1 aromatic carbocycles. The van der Waals surface area contributed by atoms with E-state index in [2.05, 4.69) is 29.1 Å². The number of rotatable bonds is 6. The monoisotopic (exact) mass is 424 g/mol. The Hall–Kier alpha value is -1.56. The number of allylic oxidation sites excluding steroid dienone is 1. The second-order valence-electron chi connectivity index (χ2n) is 10.1. The Bertz CT molecular complexity index is 832. The largest absolute Gasteiger partial charge is 0.379 e. The van der Waals surface area contributed by atoms with Crippen molar-refractivity contribution >= 4 is 5.69 Å². The number of ether oxygens (including phenoxy) is 2. The van der Waals surface area contributed by atoms with Gasteiger partial charge in [-0.1, -0.05) is 24.6 Å². The van der Waals surface area contributed by atoms with E-state index in [-0.39, 0.29) is 0 Å². The van der Waals surface area contributed by atoms with Gasteiger partial charge in [-0.3, -0.25) is 4.90 Å². The number of aryl methyl sites for hydroxylation is 1. The van der Waals surface area contributed by atoms with Crippen LogP contribution < -0.4 is 0 Å². The van der Waals surface area contributed by atoms with Crippen LogP contribution in [0.3, 0.4) is 0 Å². The molecule has 0 spiro atoms. The Morgan fingerprint density at radius 3 is 2.94 bits per heavy atom. The van der Waals surface area contributed by atoms with Gasteiger partial charge >= 0.3 is 0 Å². The van der Waals surface area contributed by atoms with E-state index in [9.17, 15) is 4.91 Å². The quantitative estimate of drug-likeness (QED) is 0.357. The Balaban J connectivity index is 1.20. The van der Waals surface area contributed by atoms with Crippen molar-refractivity contribution in [1.82, 2.24) is 4.90 Å². The molecule has 1 saturated heterocycles. The summed E-state index contributed by atoms with van der Waals surface area (Å²) in [7, 11) is 0. The van der Waals surface area contributed by atoms with Crippen molar-refractivity contribution in [3.8, 4) is 0 Å². The first-order chi connectivity index (χ1) is 15.2. The molecule has 1 aromatic rings. The zero-order valence-corrected chi connectivity index (χ0v) is 18.9. The van der Waals surface area contributed by atoms with Gasteiger partial charge in [-0.25, -0.2) is 0 Å². The van der Waals surface area contributed by atoms with Gasteiger partial charge in [-0.2, -0.15) is 0 Å². The summed E-state index contributed by atoms with van der Waals surface area (Å²) in [6.07, 6.45) is 9.84. The van der Waals surface area contributed by atoms with E-state index < -0.39 is 0 Å². The fourth-order valence-electron chi connectivity index (χ4n) is 7.07. The Kier molecular flexibility index (Phi) is 6.27. The molecule has 168 valence electrons. The average Bonchev–Trinajstić information content (AvgIpc) is 3.15. The maximum absolute atomic E-state index is 10.9. The first-order valence-electron chi connectivity index (χ1n) is 12.2. The van der Waals surface area contributed by atoms with Crippen LogP contribution >= 0.6 is 0 Å². The van der Waals surface area contributed by atoms with Crippen molar-refractivity contribution in [3.05, 3.63) is 45.9 Å². The highest BCUT2D eigenvalue weighted by molar-refractivity contribution is 5.47. The molecule has 1 aliphatic heterocycles. The summed E-state index contributed by atoms with van der Waals surface area (Å²) >= 11 is 0. The third kappa shape index (κ3) is 4.12. The molecule has 0 amide bonds. The van der Waals surface area contributed by atoms with Crippen LogP contribution in [-0.4, -0.2) is 51.0 Å². The third-order valence-electron chi connectivity index (χ3n) is 8.77. The molecule has 5 nitrogen and oxygen atoms in total. The molecular formula is C26H36N2O3. The summed E-state index contributed by atoms with van der Waals surface area (Å²) in [5.74, 6) is 2.21. The van der Waals surface area contributed by atoms with Gasteiger partial charge in [0.1, 0.15) is 5.69 Å². The van der Waals surface area contributed by atoms with Gasteiger partial charge in [0, 0.05) is 19.6 Å². The maximum atomic E-state index is 10.9. The SMILES string of the molecule is CC12CCC3c4ccc(N=O)cc4CCC3C1CC/C2=C\COCCN1CCOCC1. The topological polar surface area (TPSA) is 51.1 Å². The molecule has 3 aliphatic carbocycles. The summed E-state index contributed by atoms with van der Waals surface area (Å²) in [5.41, 5.74) is 5.43. The summed E-state index contributed by atoms with van der Waals surface area (Å²) in [6, 6.07) is 6.14. The number of nitroso groups, excluding NO2 is 1. The van der Waals surface area contributed by atoms with E-state index in [4.69, 9.17) is 9.47 Å². The minimum absolute atomic E-state index is 0.344. The number of nitrogens with zero attached hydrogens (tertiary/aromatic N) is 2. The molecular weight excluding hydrogens is 388 g/mol. The van der Waals surface area contributed by atoms with Crippen molar-refractivity contribution in [2.24, 2.45) is 22.4 Å². The molecule has 3 fully saturated rings. The molecule has 0 aromatic heterocycles. The van der Waals surface area contributed by atoms with Gasteiger partial charge in [0.25, 0.3) is 0 Å². The van der Waals surface area contributed by atoms with Crippen molar-refractivity contribution in [3.63, 3.8) is 0 Å².